The third-order valence-electron chi connectivity index (χ3n) is 4.46. The van der Waals surface area contributed by atoms with E-state index in [0.29, 0.717) is 5.82 Å². The van der Waals surface area contributed by atoms with E-state index in [9.17, 15) is 9.59 Å². The number of carbonyl (C=O) groups excluding carboxylic acids is 2. The molecule has 0 aliphatic heterocycles. The maximum atomic E-state index is 12.7. The number of amides is 2. The van der Waals surface area contributed by atoms with Gasteiger partial charge in [-0.05, 0) is 50.1 Å². The number of nitrogens with one attached hydrogen (secondary N) is 2. The Balaban J connectivity index is 1.91. The molecule has 3 rings (SSSR count). The summed E-state index contributed by atoms with van der Waals surface area (Å²) >= 11 is 0. The van der Waals surface area contributed by atoms with Gasteiger partial charge in [0.25, 0.3) is 0 Å². The zero-order valence-corrected chi connectivity index (χ0v) is 16.0. The number of aromatic nitrogens is 2. The van der Waals surface area contributed by atoms with Crippen molar-refractivity contribution >= 4 is 28.5 Å². The molecule has 0 aliphatic carbocycles. The van der Waals surface area contributed by atoms with Gasteiger partial charge in [0, 0.05) is 12.6 Å². The molecule has 1 aromatic heterocycles. The molecular weight excluding hydrogens is 340 g/mol. The number of para-hydroxylation sites is 2. The molecule has 1 unspecified atom stereocenters. The lowest BCUT2D eigenvalue weighted by molar-refractivity contribution is -0.119. The molecular formula is C21H24N4O2. The standard InChI is InChI=1S/C21H24N4O2/c1-13-9-10-14(2)18(11-13)23-20(27)12-25-19-8-6-5-7-17(19)24-21(25)15(3)22-16(4)26/h5-11,15H,12H2,1-4H3,(H,22,26)(H,23,27). The summed E-state index contributed by atoms with van der Waals surface area (Å²) in [6, 6.07) is 13.3. The summed E-state index contributed by atoms with van der Waals surface area (Å²) in [5.74, 6) is 0.381. The molecule has 1 atom stereocenters. The van der Waals surface area contributed by atoms with Crippen molar-refractivity contribution < 1.29 is 9.59 Å². The van der Waals surface area contributed by atoms with Crippen LogP contribution in [0.1, 0.15) is 36.8 Å². The third kappa shape index (κ3) is 4.16. The van der Waals surface area contributed by atoms with Crippen molar-refractivity contribution in [1.82, 2.24) is 14.9 Å². The minimum Gasteiger partial charge on any atom is -0.347 e. The highest BCUT2D eigenvalue weighted by Crippen LogP contribution is 2.22. The summed E-state index contributed by atoms with van der Waals surface area (Å²) in [6.07, 6.45) is 0. The topological polar surface area (TPSA) is 76.0 Å². The van der Waals surface area contributed by atoms with Crippen LogP contribution in [0.5, 0.6) is 0 Å². The zero-order valence-electron chi connectivity index (χ0n) is 16.0. The van der Waals surface area contributed by atoms with Crippen LogP contribution in [-0.4, -0.2) is 21.4 Å². The molecule has 6 heteroatoms. The molecule has 0 saturated carbocycles. The lowest BCUT2D eigenvalue weighted by atomic mass is 10.1. The fraction of sp³-hybridized carbons (Fsp3) is 0.286. The van der Waals surface area contributed by atoms with E-state index in [1.807, 2.05) is 67.8 Å². The van der Waals surface area contributed by atoms with E-state index in [2.05, 4.69) is 15.6 Å². The van der Waals surface area contributed by atoms with Gasteiger partial charge in [0.2, 0.25) is 11.8 Å². The highest BCUT2D eigenvalue weighted by Gasteiger charge is 2.19. The van der Waals surface area contributed by atoms with Crippen molar-refractivity contribution in [1.29, 1.82) is 0 Å². The average Bonchev–Trinajstić information content (AvgIpc) is 2.96. The first-order chi connectivity index (χ1) is 12.8. The number of nitrogens with zero attached hydrogens (tertiary/aromatic N) is 2. The second kappa shape index (κ2) is 7.61. The van der Waals surface area contributed by atoms with Gasteiger partial charge in [0.15, 0.2) is 0 Å². The van der Waals surface area contributed by atoms with Crippen LogP contribution in [0, 0.1) is 13.8 Å². The Morgan fingerprint density at radius 3 is 2.63 bits per heavy atom. The fourth-order valence-electron chi connectivity index (χ4n) is 3.16. The van der Waals surface area contributed by atoms with E-state index in [0.717, 1.165) is 27.8 Å². The molecule has 0 saturated heterocycles. The van der Waals surface area contributed by atoms with Crippen LogP contribution >= 0.6 is 0 Å². The largest absolute Gasteiger partial charge is 0.347 e. The maximum absolute atomic E-state index is 12.7. The van der Waals surface area contributed by atoms with Gasteiger partial charge in [-0.25, -0.2) is 4.98 Å². The molecule has 2 aromatic carbocycles. The van der Waals surface area contributed by atoms with Crippen molar-refractivity contribution in [2.45, 2.75) is 40.3 Å². The molecule has 0 spiro atoms. The Morgan fingerprint density at radius 2 is 1.89 bits per heavy atom. The SMILES string of the molecule is CC(=O)NC(C)c1nc2ccccc2n1CC(=O)Nc1cc(C)ccc1C. The number of aryl methyl sites for hydroxylation is 2. The van der Waals surface area contributed by atoms with Crippen molar-refractivity contribution in [3.63, 3.8) is 0 Å². The van der Waals surface area contributed by atoms with E-state index in [1.165, 1.54) is 6.92 Å². The monoisotopic (exact) mass is 364 g/mol. The highest BCUT2D eigenvalue weighted by molar-refractivity contribution is 5.92. The van der Waals surface area contributed by atoms with Crippen molar-refractivity contribution in [3.05, 3.63) is 59.4 Å². The number of hydrogen-bond donors (Lipinski definition) is 2. The van der Waals surface area contributed by atoms with Gasteiger partial charge in [-0.2, -0.15) is 0 Å². The minimum atomic E-state index is -0.302. The number of hydrogen-bond acceptors (Lipinski definition) is 3. The molecule has 0 radical (unpaired) electrons. The molecule has 3 aromatic rings. The van der Waals surface area contributed by atoms with Crippen molar-refractivity contribution in [3.8, 4) is 0 Å². The van der Waals surface area contributed by atoms with E-state index in [-0.39, 0.29) is 24.4 Å². The molecule has 1 heterocycles. The van der Waals surface area contributed by atoms with E-state index >= 15 is 0 Å². The number of rotatable bonds is 5. The van der Waals surface area contributed by atoms with Gasteiger partial charge in [-0.1, -0.05) is 24.3 Å². The van der Waals surface area contributed by atoms with Crippen LogP contribution in [0.15, 0.2) is 42.5 Å². The summed E-state index contributed by atoms with van der Waals surface area (Å²) in [5.41, 5.74) is 4.56. The van der Waals surface area contributed by atoms with Crippen LogP contribution in [0.4, 0.5) is 5.69 Å². The van der Waals surface area contributed by atoms with Crippen LogP contribution < -0.4 is 10.6 Å². The number of carbonyl (C=O) groups is 2. The van der Waals surface area contributed by atoms with Crippen molar-refractivity contribution in [2.75, 3.05) is 5.32 Å². The van der Waals surface area contributed by atoms with E-state index in [1.54, 1.807) is 0 Å². The van der Waals surface area contributed by atoms with Gasteiger partial charge < -0.3 is 15.2 Å². The quantitative estimate of drug-likeness (QED) is 0.728. The second-order valence-corrected chi connectivity index (χ2v) is 6.83. The Bertz CT molecular complexity index is 1010. The van der Waals surface area contributed by atoms with Gasteiger partial charge in [0.1, 0.15) is 12.4 Å². The molecule has 0 aliphatic rings. The average molecular weight is 364 g/mol. The molecule has 0 fully saturated rings. The molecule has 6 nitrogen and oxygen atoms in total. The van der Waals surface area contributed by atoms with Gasteiger partial charge in [0.05, 0.1) is 17.1 Å². The molecule has 2 amide bonds. The molecule has 140 valence electrons. The predicted octanol–water partition coefficient (Wildman–Crippen LogP) is 3.49. The molecule has 27 heavy (non-hydrogen) atoms. The van der Waals surface area contributed by atoms with Crippen LogP contribution in [0.3, 0.4) is 0 Å². The van der Waals surface area contributed by atoms with E-state index < -0.39 is 0 Å². The smallest absolute Gasteiger partial charge is 0.244 e. The summed E-state index contributed by atoms with van der Waals surface area (Å²) in [4.78, 5) is 28.8. The minimum absolute atomic E-state index is 0.118. The Morgan fingerprint density at radius 1 is 1.15 bits per heavy atom. The number of benzene rings is 2. The van der Waals surface area contributed by atoms with Gasteiger partial charge >= 0.3 is 0 Å². The molecule has 0 bridgehead atoms. The first kappa shape index (κ1) is 18.6. The summed E-state index contributed by atoms with van der Waals surface area (Å²) < 4.78 is 1.86. The number of anilines is 1. The first-order valence-electron chi connectivity index (χ1n) is 8.94. The second-order valence-electron chi connectivity index (χ2n) is 6.83. The molecule has 2 N–H and O–H groups in total. The third-order valence-corrected chi connectivity index (χ3v) is 4.46. The number of imidazole rings is 1. The van der Waals surface area contributed by atoms with Crippen molar-refractivity contribution in [2.24, 2.45) is 0 Å². The predicted molar refractivity (Wildman–Crippen MR) is 107 cm³/mol. The van der Waals surface area contributed by atoms with Crippen LogP contribution in [0.25, 0.3) is 11.0 Å². The fourth-order valence-corrected chi connectivity index (χ4v) is 3.16. The number of fused-ring (bicyclic) bond motifs is 1. The first-order valence-corrected chi connectivity index (χ1v) is 8.94. The summed E-state index contributed by atoms with van der Waals surface area (Å²) in [7, 11) is 0. The lowest BCUT2D eigenvalue weighted by Gasteiger charge is -2.16. The Hall–Kier alpha value is -3.15. The normalized spacial score (nSPS) is 12.0. The van der Waals surface area contributed by atoms with Gasteiger partial charge in [-0.15, -0.1) is 0 Å². The summed E-state index contributed by atoms with van der Waals surface area (Å²) in [6.45, 7) is 7.41. The van der Waals surface area contributed by atoms with Crippen LogP contribution in [0.2, 0.25) is 0 Å². The lowest BCUT2D eigenvalue weighted by Crippen LogP contribution is -2.28. The van der Waals surface area contributed by atoms with Gasteiger partial charge in [-0.3, -0.25) is 9.59 Å². The van der Waals surface area contributed by atoms with E-state index in [4.69, 9.17) is 0 Å². The summed E-state index contributed by atoms with van der Waals surface area (Å²) in [5, 5.41) is 5.83. The van der Waals surface area contributed by atoms with Crippen LogP contribution in [-0.2, 0) is 16.1 Å². The maximum Gasteiger partial charge on any atom is 0.244 e. The highest BCUT2D eigenvalue weighted by atomic mass is 16.2. The zero-order chi connectivity index (χ0) is 19.6. The Kier molecular flexibility index (Phi) is 5.26. The Labute approximate surface area is 158 Å².